The first kappa shape index (κ1) is 14.8. The summed E-state index contributed by atoms with van der Waals surface area (Å²) in [5.41, 5.74) is 1.73. The molecule has 0 radical (unpaired) electrons. The third-order valence-electron chi connectivity index (χ3n) is 3.14. The van der Waals surface area contributed by atoms with Gasteiger partial charge >= 0.3 is 0 Å². The van der Waals surface area contributed by atoms with Crippen molar-refractivity contribution in [3.63, 3.8) is 0 Å². The van der Waals surface area contributed by atoms with Gasteiger partial charge < -0.3 is 10.4 Å². The van der Waals surface area contributed by atoms with Crippen LogP contribution in [0.2, 0.25) is 0 Å². The average Bonchev–Trinajstić information content (AvgIpc) is 2.55. The fraction of sp³-hybridized carbons (Fsp3) is 0.176. The van der Waals surface area contributed by atoms with Crippen LogP contribution in [-0.4, -0.2) is 17.6 Å². The number of rotatable bonds is 5. The van der Waals surface area contributed by atoms with Gasteiger partial charge in [0.15, 0.2) is 0 Å². The molecule has 0 aliphatic carbocycles. The number of amides is 1. The maximum absolute atomic E-state index is 11.9. The van der Waals surface area contributed by atoms with Crippen LogP contribution in [0.5, 0.6) is 0 Å². The molecule has 0 heterocycles. The SMILES string of the molecule is N#Cc1cccc(C(=O)NCCC(O)c2ccccc2)c1. The lowest BCUT2D eigenvalue weighted by molar-refractivity contribution is 0.0942. The number of nitriles is 1. The molecule has 106 valence electrons. The normalized spacial score (nSPS) is 11.4. The van der Waals surface area contributed by atoms with E-state index >= 15 is 0 Å². The second kappa shape index (κ2) is 7.22. The van der Waals surface area contributed by atoms with Crippen LogP contribution in [0.3, 0.4) is 0 Å². The molecule has 0 spiro atoms. The molecule has 2 aromatic rings. The molecule has 1 unspecified atom stereocenters. The number of hydrogen-bond acceptors (Lipinski definition) is 3. The van der Waals surface area contributed by atoms with Gasteiger partial charge in [-0.2, -0.15) is 5.26 Å². The third-order valence-corrected chi connectivity index (χ3v) is 3.14. The van der Waals surface area contributed by atoms with Gasteiger partial charge in [0.1, 0.15) is 0 Å². The van der Waals surface area contributed by atoms with Crippen molar-refractivity contribution >= 4 is 5.91 Å². The average molecular weight is 280 g/mol. The lowest BCUT2D eigenvalue weighted by Gasteiger charge is -2.11. The predicted octanol–water partition coefficient (Wildman–Crippen LogP) is 2.41. The van der Waals surface area contributed by atoms with Gasteiger partial charge in [-0.25, -0.2) is 0 Å². The zero-order valence-corrected chi connectivity index (χ0v) is 11.5. The van der Waals surface area contributed by atoms with Gasteiger partial charge in [0.2, 0.25) is 0 Å². The summed E-state index contributed by atoms with van der Waals surface area (Å²) in [6.45, 7) is 0.367. The maximum Gasteiger partial charge on any atom is 0.251 e. The zero-order valence-electron chi connectivity index (χ0n) is 11.5. The summed E-state index contributed by atoms with van der Waals surface area (Å²) < 4.78 is 0. The number of carbonyl (C=O) groups is 1. The Kier molecular flexibility index (Phi) is 5.08. The van der Waals surface area contributed by atoms with Crippen LogP contribution in [0, 0.1) is 11.3 Å². The van der Waals surface area contributed by atoms with Crippen LogP contribution in [0.1, 0.15) is 34.0 Å². The van der Waals surface area contributed by atoms with Crippen LogP contribution in [0.15, 0.2) is 54.6 Å². The Labute approximate surface area is 123 Å². The van der Waals surface area contributed by atoms with Gasteiger partial charge in [-0.3, -0.25) is 4.79 Å². The molecule has 0 saturated carbocycles. The summed E-state index contributed by atoms with van der Waals surface area (Å²) in [4.78, 5) is 11.9. The van der Waals surface area contributed by atoms with E-state index in [0.717, 1.165) is 5.56 Å². The molecule has 2 aromatic carbocycles. The number of nitrogens with one attached hydrogen (secondary N) is 1. The maximum atomic E-state index is 11.9. The van der Waals surface area contributed by atoms with Crippen molar-refractivity contribution in [2.24, 2.45) is 0 Å². The number of aliphatic hydroxyl groups is 1. The quantitative estimate of drug-likeness (QED) is 0.883. The van der Waals surface area contributed by atoms with Gasteiger partial charge in [0.05, 0.1) is 17.7 Å². The van der Waals surface area contributed by atoms with E-state index in [1.165, 1.54) is 0 Å². The molecule has 2 N–H and O–H groups in total. The molecule has 0 aromatic heterocycles. The van der Waals surface area contributed by atoms with Gasteiger partial charge in [-0.1, -0.05) is 36.4 Å². The molecule has 0 bridgehead atoms. The predicted molar refractivity (Wildman–Crippen MR) is 79.5 cm³/mol. The topological polar surface area (TPSA) is 73.1 Å². The molecule has 4 heteroatoms. The van der Waals surface area contributed by atoms with Crippen molar-refractivity contribution in [2.45, 2.75) is 12.5 Å². The van der Waals surface area contributed by atoms with Crippen LogP contribution >= 0.6 is 0 Å². The lowest BCUT2D eigenvalue weighted by Crippen LogP contribution is -2.25. The molecule has 1 amide bonds. The van der Waals surface area contributed by atoms with E-state index in [0.29, 0.717) is 24.1 Å². The number of nitrogens with zero attached hydrogens (tertiary/aromatic N) is 1. The van der Waals surface area contributed by atoms with Crippen LogP contribution in [0.4, 0.5) is 0 Å². The van der Waals surface area contributed by atoms with E-state index in [9.17, 15) is 9.90 Å². The number of aliphatic hydroxyl groups excluding tert-OH is 1. The Hall–Kier alpha value is -2.64. The smallest absolute Gasteiger partial charge is 0.251 e. The summed E-state index contributed by atoms with van der Waals surface area (Å²) in [7, 11) is 0. The minimum Gasteiger partial charge on any atom is -0.388 e. The number of benzene rings is 2. The van der Waals surface area contributed by atoms with Crippen LogP contribution in [-0.2, 0) is 0 Å². The lowest BCUT2D eigenvalue weighted by atomic mass is 10.1. The van der Waals surface area contributed by atoms with Crippen LogP contribution < -0.4 is 5.32 Å². The minimum atomic E-state index is -0.600. The van der Waals surface area contributed by atoms with Crippen molar-refractivity contribution in [2.75, 3.05) is 6.54 Å². The fourth-order valence-electron chi connectivity index (χ4n) is 2.00. The first-order chi connectivity index (χ1) is 10.2. The van der Waals surface area contributed by atoms with Crippen molar-refractivity contribution in [1.82, 2.24) is 5.32 Å². The van der Waals surface area contributed by atoms with E-state index in [1.54, 1.807) is 24.3 Å². The zero-order chi connectivity index (χ0) is 15.1. The molecule has 4 nitrogen and oxygen atoms in total. The summed E-state index contributed by atoms with van der Waals surface area (Å²) in [6.07, 6.45) is -0.162. The highest BCUT2D eigenvalue weighted by Crippen LogP contribution is 2.15. The first-order valence-electron chi connectivity index (χ1n) is 6.72. The Morgan fingerprint density at radius 1 is 1.19 bits per heavy atom. The Balaban J connectivity index is 1.86. The molecular formula is C17H16N2O2. The second-order valence-electron chi connectivity index (χ2n) is 4.66. The van der Waals surface area contributed by atoms with Gasteiger partial charge in [0, 0.05) is 12.1 Å². The standard InChI is InChI=1S/C17H16N2O2/c18-12-13-5-4-8-15(11-13)17(21)19-10-9-16(20)14-6-2-1-3-7-14/h1-8,11,16,20H,9-10H2,(H,19,21). The number of carbonyl (C=O) groups excluding carboxylic acids is 1. The molecular weight excluding hydrogens is 264 g/mol. The molecule has 0 fully saturated rings. The van der Waals surface area contributed by atoms with Gasteiger partial charge in [-0.05, 0) is 30.2 Å². The summed E-state index contributed by atoms with van der Waals surface area (Å²) in [5.74, 6) is -0.243. The molecule has 2 rings (SSSR count). The minimum absolute atomic E-state index is 0.243. The molecule has 0 aliphatic heterocycles. The van der Waals surface area contributed by atoms with E-state index in [1.807, 2.05) is 36.4 Å². The highest BCUT2D eigenvalue weighted by atomic mass is 16.3. The monoisotopic (exact) mass is 280 g/mol. The third kappa shape index (κ3) is 4.16. The molecule has 0 saturated heterocycles. The Morgan fingerprint density at radius 3 is 2.67 bits per heavy atom. The van der Waals surface area contributed by atoms with Gasteiger partial charge in [-0.15, -0.1) is 0 Å². The first-order valence-corrected chi connectivity index (χ1v) is 6.72. The van der Waals surface area contributed by atoms with E-state index in [2.05, 4.69) is 5.32 Å². The van der Waals surface area contributed by atoms with Crippen molar-refractivity contribution in [3.8, 4) is 6.07 Å². The molecule has 0 aliphatic rings. The summed E-state index contributed by atoms with van der Waals surface area (Å²) in [6, 6.07) is 17.8. The molecule has 1 atom stereocenters. The van der Waals surface area contributed by atoms with Crippen LogP contribution in [0.25, 0.3) is 0 Å². The van der Waals surface area contributed by atoms with Crippen molar-refractivity contribution in [3.05, 3.63) is 71.3 Å². The summed E-state index contributed by atoms with van der Waals surface area (Å²) >= 11 is 0. The Morgan fingerprint density at radius 2 is 1.95 bits per heavy atom. The number of hydrogen-bond donors (Lipinski definition) is 2. The largest absolute Gasteiger partial charge is 0.388 e. The summed E-state index contributed by atoms with van der Waals surface area (Å²) in [5, 5.41) is 21.5. The Bertz CT molecular complexity index is 647. The van der Waals surface area contributed by atoms with Crippen molar-refractivity contribution < 1.29 is 9.90 Å². The second-order valence-corrected chi connectivity index (χ2v) is 4.66. The highest BCUT2D eigenvalue weighted by Gasteiger charge is 2.09. The van der Waals surface area contributed by atoms with E-state index < -0.39 is 6.10 Å². The van der Waals surface area contributed by atoms with Gasteiger partial charge in [0.25, 0.3) is 5.91 Å². The van der Waals surface area contributed by atoms with E-state index in [-0.39, 0.29) is 5.91 Å². The fourth-order valence-corrected chi connectivity index (χ4v) is 2.00. The highest BCUT2D eigenvalue weighted by molar-refractivity contribution is 5.94. The molecule has 21 heavy (non-hydrogen) atoms. The van der Waals surface area contributed by atoms with Crippen molar-refractivity contribution in [1.29, 1.82) is 5.26 Å². The van der Waals surface area contributed by atoms with E-state index in [4.69, 9.17) is 5.26 Å².